The molecule has 0 aromatic heterocycles. The van der Waals surface area contributed by atoms with Crippen LogP contribution in [-0.4, -0.2) is 79.4 Å². The Balaban J connectivity index is 2.43. The molecule has 0 spiro atoms. The zero-order valence-corrected chi connectivity index (χ0v) is 14.5. The lowest BCUT2D eigenvalue weighted by molar-refractivity contribution is -0.167. The van der Waals surface area contributed by atoms with Crippen molar-refractivity contribution in [2.75, 3.05) is 39.4 Å². The van der Waals surface area contributed by atoms with Crippen molar-refractivity contribution in [3.8, 4) is 0 Å². The van der Waals surface area contributed by atoms with Gasteiger partial charge in [0.1, 0.15) is 0 Å². The SMILES string of the molecule is C=CCOC(C)C(=O)OC(C)C(=O)N1CCN(C(=O)OCC)CC1. The molecule has 2 unspecified atom stereocenters. The standard InChI is InChI=1S/C16H26N2O6/c1-5-11-23-13(4)15(20)24-12(3)14(19)17-7-9-18(10-8-17)16(21)22-6-2/h5,12-13H,1,6-11H2,2-4H3. The molecular weight excluding hydrogens is 316 g/mol. The molecule has 1 rings (SSSR count). The Kier molecular flexibility index (Phi) is 8.25. The summed E-state index contributed by atoms with van der Waals surface area (Å²) in [7, 11) is 0. The van der Waals surface area contributed by atoms with Crippen molar-refractivity contribution in [1.29, 1.82) is 0 Å². The number of ether oxygens (including phenoxy) is 3. The zero-order chi connectivity index (χ0) is 18.1. The molecule has 1 aliphatic rings. The van der Waals surface area contributed by atoms with Crippen LogP contribution in [-0.2, 0) is 23.8 Å². The van der Waals surface area contributed by atoms with Gasteiger partial charge in [-0.25, -0.2) is 9.59 Å². The van der Waals surface area contributed by atoms with Gasteiger partial charge in [0.15, 0.2) is 12.2 Å². The van der Waals surface area contributed by atoms with E-state index in [4.69, 9.17) is 14.2 Å². The average Bonchev–Trinajstić information content (AvgIpc) is 2.59. The maximum absolute atomic E-state index is 12.3. The maximum Gasteiger partial charge on any atom is 0.409 e. The third-order valence-electron chi connectivity index (χ3n) is 3.55. The molecule has 136 valence electrons. The van der Waals surface area contributed by atoms with Crippen molar-refractivity contribution in [3.63, 3.8) is 0 Å². The van der Waals surface area contributed by atoms with E-state index in [0.717, 1.165) is 0 Å². The van der Waals surface area contributed by atoms with Gasteiger partial charge < -0.3 is 24.0 Å². The van der Waals surface area contributed by atoms with Crippen LogP contribution in [0.3, 0.4) is 0 Å². The van der Waals surface area contributed by atoms with E-state index in [2.05, 4.69) is 6.58 Å². The van der Waals surface area contributed by atoms with E-state index in [1.54, 1.807) is 23.6 Å². The molecular formula is C16H26N2O6. The van der Waals surface area contributed by atoms with Crippen LogP contribution < -0.4 is 0 Å². The predicted molar refractivity (Wildman–Crippen MR) is 86.3 cm³/mol. The first kappa shape index (κ1) is 20.0. The van der Waals surface area contributed by atoms with Crippen molar-refractivity contribution in [3.05, 3.63) is 12.7 Å². The molecule has 24 heavy (non-hydrogen) atoms. The summed E-state index contributed by atoms with van der Waals surface area (Å²) in [4.78, 5) is 38.9. The fourth-order valence-corrected chi connectivity index (χ4v) is 2.18. The smallest absolute Gasteiger partial charge is 0.409 e. The van der Waals surface area contributed by atoms with Crippen LogP contribution >= 0.6 is 0 Å². The minimum absolute atomic E-state index is 0.231. The van der Waals surface area contributed by atoms with Crippen LogP contribution in [0.4, 0.5) is 4.79 Å². The van der Waals surface area contributed by atoms with Crippen LogP contribution in [0.1, 0.15) is 20.8 Å². The molecule has 1 fully saturated rings. The van der Waals surface area contributed by atoms with Gasteiger partial charge in [0.05, 0.1) is 13.2 Å². The molecule has 0 saturated carbocycles. The molecule has 1 aliphatic heterocycles. The van der Waals surface area contributed by atoms with Crippen molar-refractivity contribution in [2.45, 2.75) is 33.0 Å². The number of hydrogen-bond acceptors (Lipinski definition) is 6. The van der Waals surface area contributed by atoms with Gasteiger partial charge in [-0.3, -0.25) is 4.79 Å². The third-order valence-corrected chi connectivity index (χ3v) is 3.55. The van der Waals surface area contributed by atoms with Crippen LogP contribution in [0.15, 0.2) is 12.7 Å². The third kappa shape index (κ3) is 5.84. The first-order valence-corrected chi connectivity index (χ1v) is 8.04. The van der Waals surface area contributed by atoms with Gasteiger partial charge in [0.25, 0.3) is 5.91 Å². The lowest BCUT2D eigenvalue weighted by Gasteiger charge is -2.35. The van der Waals surface area contributed by atoms with E-state index < -0.39 is 18.2 Å². The fourth-order valence-electron chi connectivity index (χ4n) is 2.18. The summed E-state index contributed by atoms with van der Waals surface area (Å²) in [6.45, 7) is 10.4. The summed E-state index contributed by atoms with van der Waals surface area (Å²) in [6.07, 6.45) is -0.515. The average molecular weight is 342 g/mol. The van der Waals surface area contributed by atoms with E-state index in [9.17, 15) is 14.4 Å². The monoisotopic (exact) mass is 342 g/mol. The van der Waals surface area contributed by atoms with E-state index in [0.29, 0.717) is 32.8 Å². The molecule has 0 N–H and O–H groups in total. The van der Waals surface area contributed by atoms with Gasteiger partial charge in [-0.1, -0.05) is 6.08 Å². The quantitative estimate of drug-likeness (QED) is 0.503. The number of esters is 1. The Bertz CT molecular complexity index is 459. The second-order valence-corrected chi connectivity index (χ2v) is 5.35. The van der Waals surface area contributed by atoms with Crippen LogP contribution in [0.25, 0.3) is 0 Å². The van der Waals surface area contributed by atoms with Gasteiger partial charge in [-0.2, -0.15) is 0 Å². The summed E-state index contributed by atoms with van der Waals surface area (Å²) in [5.41, 5.74) is 0. The summed E-state index contributed by atoms with van der Waals surface area (Å²) in [5, 5.41) is 0. The van der Waals surface area contributed by atoms with Gasteiger partial charge in [-0.05, 0) is 20.8 Å². The van der Waals surface area contributed by atoms with Gasteiger partial charge in [-0.15, -0.1) is 6.58 Å². The molecule has 1 saturated heterocycles. The van der Waals surface area contributed by atoms with E-state index in [1.165, 1.54) is 13.0 Å². The minimum atomic E-state index is -0.901. The first-order valence-electron chi connectivity index (χ1n) is 8.04. The largest absolute Gasteiger partial charge is 0.451 e. The van der Waals surface area contributed by atoms with Crippen LogP contribution in [0.5, 0.6) is 0 Å². The molecule has 0 radical (unpaired) electrons. The van der Waals surface area contributed by atoms with Gasteiger partial charge in [0.2, 0.25) is 0 Å². The molecule has 2 amide bonds. The summed E-state index contributed by atoms with van der Waals surface area (Å²) in [6, 6.07) is 0. The number of carbonyl (C=O) groups excluding carboxylic acids is 3. The van der Waals surface area contributed by atoms with E-state index in [1.807, 2.05) is 0 Å². The predicted octanol–water partition coefficient (Wildman–Crippen LogP) is 0.810. The normalized spacial score (nSPS) is 17.0. The number of hydrogen-bond donors (Lipinski definition) is 0. The zero-order valence-electron chi connectivity index (χ0n) is 14.5. The van der Waals surface area contributed by atoms with Crippen LogP contribution in [0, 0.1) is 0 Å². The lowest BCUT2D eigenvalue weighted by Crippen LogP contribution is -2.53. The molecule has 1 heterocycles. The van der Waals surface area contributed by atoms with E-state index >= 15 is 0 Å². The number of carbonyl (C=O) groups is 3. The van der Waals surface area contributed by atoms with Gasteiger partial charge >= 0.3 is 12.1 Å². The van der Waals surface area contributed by atoms with Crippen molar-refractivity contribution >= 4 is 18.0 Å². The molecule has 0 aromatic carbocycles. The molecule has 8 heteroatoms. The Labute approximate surface area is 142 Å². The van der Waals surface area contributed by atoms with E-state index in [-0.39, 0.29) is 18.6 Å². The van der Waals surface area contributed by atoms with Crippen molar-refractivity contribution < 1.29 is 28.6 Å². The van der Waals surface area contributed by atoms with Crippen LogP contribution in [0.2, 0.25) is 0 Å². The Morgan fingerprint density at radius 3 is 2.21 bits per heavy atom. The number of amides is 2. The highest BCUT2D eigenvalue weighted by Crippen LogP contribution is 2.08. The molecule has 0 aliphatic carbocycles. The fraction of sp³-hybridized carbons (Fsp3) is 0.688. The molecule has 0 aromatic rings. The number of piperazine rings is 1. The Hall–Kier alpha value is -2.09. The number of rotatable bonds is 7. The summed E-state index contributed by atoms with van der Waals surface area (Å²) < 4.78 is 15.2. The maximum atomic E-state index is 12.3. The summed E-state index contributed by atoms with van der Waals surface area (Å²) >= 11 is 0. The first-order chi connectivity index (χ1) is 11.4. The Morgan fingerprint density at radius 1 is 1.08 bits per heavy atom. The van der Waals surface area contributed by atoms with Crippen molar-refractivity contribution in [1.82, 2.24) is 9.80 Å². The summed E-state index contributed by atoms with van der Waals surface area (Å²) in [5.74, 6) is -0.884. The Morgan fingerprint density at radius 2 is 1.67 bits per heavy atom. The highest BCUT2D eigenvalue weighted by atomic mass is 16.6. The molecule has 2 atom stereocenters. The molecule has 0 bridgehead atoms. The highest BCUT2D eigenvalue weighted by Gasteiger charge is 2.30. The molecule has 8 nitrogen and oxygen atoms in total. The lowest BCUT2D eigenvalue weighted by atomic mass is 10.2. The highest BCUT2D eigenvalue weighted by molar-refractivity contribution is 5.84. The van der Waals surface area contributed by atoms with Crippen molar-refractivity contribution in [2.24, 2.45) is 0 Å². The number of nitrogens with zero attached hydrogens (tertiary/aromatic N) is 2. The topological polar surface area (TPSA) is 85.4 Å². The second kappa shape index (κ2) is 9.92. The second-order valence-electron chi connectivity index (χ2n) is 5.35. The van der Waals surface area contributed by atoms with Gasteiger partial charge in [0, 0.05) is 26.2 Å². The minimum Gasteiger partial charge on any atom is -0.451 e.